The first-order valence-electron chi connectivity index (χ1n) is 6.54. The van der Waals surface area contributed by atoms with Gasteiger partial charge in [-0.15, -0.1) is 0 Å². The lowest BCUT2D eigenvalue weighted by Crippen LogP contribution is -2.47. The molecule has 2 N–H and O–H groups in total. The molecule has 1 aromatic carbocycles. The van der Waals surface area contributed by atoms with Gasteiger partial charge in [0.1, 0.15) is 12.7 Å². The Morgan fingerprint density at radius 1 is 1.52 bits per heavy atom. The Bertz CT molecular complexity index is 522. The topological polar surface area (TPSA) is 108 Å². The van der Waals surface area contributed by atoms with E-state index in [9.17, 15) is 14.9 Å². The van der Waals surface area contributed by atoms with Gasteiger partial charge in [0.2, 0.25) is 5.91 Å². The van der Waals surface area contributed by atoms with Gasteiger partial charge < -0.3 is 15.2 Å². The standard InChI is InChI=1S/C13H17N3O5/c14-13(17)8-15-5-6-20-10(7-15)9-21-12-4-2-1-3-11(12)16(18)19/h1-4,10H,5-9H2,(H2,14,17)/t10-/m1/s1. The summed E-state index contributed by atoms with van der Waals surface area (Å²) < 4.78 is 11.0. The Morgan fingerprint density at radius 3 is 3.00 bits per heavy atom. The highest BCUT2D eigenvalue weighted by atomic mass is 16.6. The number of nitrogens with zero attached hydrogens (tertiary/aromatic N) is 2. The van der Waals surface area contributed by atoms with Crippen LogP contribution in [0.15, 0.2) is 24.3 Å². The molecule has 1 heterocycles. The minimum Gasteiger partial charge on any atom is -0.484 e. The van der Waals surface area contributed by atoms with Gasteiger partial charge in [0.25, 0.3) is 0 Å². The molecular weight excluding hydrogens is 278 g/mol. The molecule has 0 radical (unpaired) electrons. The van der Waals surface area contributed by atoms with Crippen LogP contribution in [0.5, 0.6) is 5.75 Å². The van der Waals surface area contributed by atoms with E-state index in [-0.39, 0.29) is 30.7 Å². The van der Waals surface area contributed by atoms with Gasteiger partial charge in [0, 0.05) is 19.2 Å². The summed E-state index contributed by atoms with van der Waals surface area (Å²) in [5.74, 6) is -0.187. The number of morpholine rings is 1. The fourth-order valence-corrected chi connectivity index (χ4v) is 2.16. The van der Waals surface area contributed by atoms with Crippen molar-refractivity contribution in [1.29, 1.82) is 0 Å². The molecule has 0 unspecified atom stereocenters. The van der Waals surface area contributed by atoms with E-state index in [1.807, 2.05) is 4.90 Å². The van der Waals surface area contributed by atoms with Crippen molar-refractivity contribution in [3.63, 3.8) is 0 Å². The van der Waals surface area contributed by atoms with Gasteiger partial charge in [-0.3, -0.25) is 19.8 Å². The summed E-state index contributed by atoms with van der Waals surface area (Å²) in [6.07, 6.45) is -0.252. The maximum Gasteiger partial charge on any atom is 0.310 e. The van der Waals surface area contributed by atoms with E-state index in [2.05, 4.69) is 0 Å². The normalized spacial score (nSPS) is 19.1. The summed E-state index contributed by atoms with van der Waals surface area (Å²) >= 11 is 0. The Kier molecular flexibility index (Phi) is 5.07. The van der Waals surface area contributed by atoms with E-state index < -0.39 is 10.8 Å². The Labute approximate surface area is 121 Å². The summed E-state index contributed by atoms with van der Waals surface area (Å²) in [5, 5.41) is 10.9. The van der Waals surface area contributed by atoms with Gasteiger partial charge >= 0.3 is 5.69 Å². The maximum atomic E-state index is 10.9. The molecule has 0 saturated carbocycles. The minimum atomic E-state index is -0.490. The van der Waals surface area contributed by atoms with E-state index >= 15 is 0 Å². The van der Waals surface area contributed by atoms with Gasteiger partial charge in [0.15, 0.2) is 5.75 Å². The fourth-order valence-electron chi connectivity index (χ4n) is 2.16. The quantitative estimate of drug-likeness (QED) is 0.591. The first kappa shape index (κ1) is 15.2. The molecule has 1 atom stereocenters. The molecule has 0 spiro atoms. The monoisotopic (exact) mass is 295 g/mol. The van der Waals surface area contributed by atoms with Crippen molar-refractivity contribution in [2.45, 2.75) is 6.10 Å². The Balaban J connectivity index is 1.91. The second-order valence-electron chi connectivity index (χ2n) is 4.73. The third-order valence-electron chi connectivity index (χ3n) is 3.09. The fraction of sp³-hybridized carbons (Fsp3) is 0.462. The predicted molar refractivity (Wildman–Crippen MR) is 74.0 cm³/mol. The minimum absolute atomic E-state index is 0.0812. The highest BCUT2D eigenvalue weighted by molar-refractivity contribution is 5.75. The molecule has 0 aliphatic carbocycles. The van der Waals surface area contributed by atoms with Crippen LogP contribution in [-0.2, 0) is 9.53 Å². The Morgan fingerprint density at radius 2 is 2.29 bits per heavy atom. The van der Waals surface area contributed by atoms with E-state index in [0.29, 0.717) is 19.7 Å². The average Bonchev–Trinajstić information content (AvgIpc) is 2.45. The molecule has 0 aromatic heterocycles. The number of hydrogen-bond acceptors (Lipinski definition) is 6. The lowest BCUT2D eigenvalue weighted by molar-refractivity contribution is -0.385. The number of benzene rings is 1. The van der Waals surface area contributed by atoms with Crippen LogP contribution >= 0.6 is 0 Å². The second kappa shape index (κ2) is 7.00. The molecule has 1 aliphatic heterocycles. The molecule has 1 aromatic rings. The van der Waals surface area contributed by atoms with Crippen molar-refractivity contribution >= 4 is 11.6 Å². The molecule has 8 heteroatoms. The molecule has 1 saturated heterocycles. The molecule has 1 amide bonds. The summed E-state index contributed by atoms with van der Waals surface area (Å²) in [4.78, 5) is 23.2. The van der Waals surface area contributed by atoms with Crippen molar-refractivity contribution < 1.29 is 19.2 Å². The zero-order valence-corrected chi connectivity index (χ0v) is 11.4. The van der Waals surface area contributed by atoms with Crippen LogP contribution in [0.2, 0.25) is 0 Å². The van der Waals surface area contributed by atoms with E-state index in [0.717, 1.165) is 0 Å². The summed E-state index contributed by atoms with van der Waals surface area (Å²) in [6.45, 7) is 1.96. The van der Waals surface area contributed by atoms with E-state index in [4.69, 9.17) is 15.2 Å². The third-order valence-corrected chi connectivity index (χ3v) is 3.09. The zero-order valence-electron chi connectivity index (χ0n) is 11.4. The number of primary amides is 1. The molecule has 114 valence electrons. The molecule has 1 aliphatic rings. The molecular formula is C13H17N3O5. The number of para-hydroxylation sites is 2. The largest absolute Gasteiger partial charge is 0.484 e. The van der Waals surface area contributed by atoms with Crippen LogP contribution in [0, 0.1) is 10.1 Å². The molecule has 2 rings (SSSR count). The Hall–Kier alpha value is -2.19. The third kappa shape index (κ3) is 4.40. The lowest BCUT2D eigenvalue weighted by Gasteiger charge is -2.31. The van der Waals surface area contributed by atoms with Crippen molar-refractivity contribution in [2.75, 3.05) is 32.8 Å². The van der Waals surface area contributed by atoms with Crippen LogP contribution in [0.4, 0.5) is 5.69 Å². The number of nitrogens with two attached hydrogens (primary N) is 1. The number of carbonyl (C=O) groups excluding carboxylic acids is 1. The van der Waals surface area contributed by atoms with Crippen LogP contribution in [0.1, 0.15) is 0 Å². The van der Waals surface area contributed by atoms with Gasteiger partial charge in [-0.25, -0.2) is 0 Å². The van der Waals surface area contributed by atoms with Crippen LogP contribution in [0.3, 0.4) is 0 Å². The van der Waals surface area contributed by atoms with E-state index in [1.54, 1.807) is 18.2 Å². The van der Waals surface area contributed by atoms with Crippen molar-refractivity contribution in [2.24, 2.45) is 5.73 Å². The zero-order chi connectivity index (χ0) is 15.2. The first-order valence-corrected chi connectivity index (χ1v) is 6.54. The number of amides is 1. The lowest BCUT2D eigenvalue weighted by atomic mass is 10.2. The molecule has 8 nitrogen and oxygen atoms in total. The van der Waals surface area contributed by atoms with Gasteiger partial charge in [-0.1, -0.05) is 12.1 Å². The number of hydrogen-bond donors (Lipinski definition) is 1. The van der Waals surface area contributed by atoms with E-state index in [1.165, 1.54) is 6.07 Å². The predicted octanol–water partition coefficient (Wildman–Crippen LogP) is 0.160. The van der Waals surface area contributed by atoms with Gasteiger partial charge in [-0.2, -0.15) is 0 Å². The average molecular weight is 295 g/mol. The number of carbonyl (C=O) groups is 1. The highest BCUT2D eigenvalue weighted by Crippen LogP contribution is 2.26. The van der Waals surface area contributed by atoms with Gasteiger partial charge in [0.05, 0.1) is 18.1 Å². The second-order valence-corrected chi connectivity index (χ2v) is 4.73. The SMILES string of the molecule is NC(=O)CN1CCO[C@@H](COc2ccccc2[N+](=O)[O-])C1. The van der Waals surface area contributed by atoms with Crippen molar-refractivity contribution in [1.82, 2.24) is 4.90 Å². The van der Waals surface area contributed by atoms with Crippen LogP contribution in [0.25, 0.3) is 0 Å². The summed E-state index contributed by atoms with van der Waals surface area (Å²) in [5.41, 5.74) is 5.08. The number of ether oxygens (including phenoxy) is 2. The van der Waals surface area contributed by atoms with Crippen molar-refractivity contribution in [3.8, 4) is 5.75 Å². The number of rotatable bonds is 6. The number of nitro benzene ring substituents is 1. The summed E-state index contributed by atoms with van der Waals surface area (Å²) in [7, 11) is 0. The highest BCUT2D eigenvalue weighted by Gasteiger charge is 2.23. The van der Waals surface area contributed by atoms with Crippen molar-refractivity contribution in [3.05, 3.63) is 34.4 Å². The molecule has 1 fully saturated rings. The molecule has 0 bridgehead atoms. The van der Waals surface area contributed by atoms with Crippen LogP contribution < -0.4 is 10.5 Å². The summed E-state index contributed by atoms with van der Waals surface area (Å²) in [6, 6.07) is 6.18. The maximum absolute atomic E-state index is 10.9. The van der Waals surface area contributed by atoms with Gasteiger partial charge in [-0.05, 0) is 6.07 Å². The van der Waals surface area contributed by atoms with Crippen LogP contribution in [-0.4, -0.2) is 54.7 Å². The smallest absolute Gasteiger partial charge is 0.310 e. The first-order chi connectivity index (χ1) is 10.1. The molecule has 21 heavy (non-hydrogen) atoms. The number of nitro groups is 1.